The molecule has 2 aromatic rings. The van der Waals surface area contributed by atoms with Crippen molar-refractivity contribution in [3.8, 4) is 6.07 Å². The SMILES string of the molecule is N#C/C(=C\c1cc([N+](=O)[O-])c(N2CCOCC2)cc1N1CCOCC1)C(=O)Nc1ccccc1. The number of nitrogens with zero attached hydrogens (tertiary/aromatic N) is 4. The van der Waals surface area contributed by atoms with Crippen LogP contribution in [-0.2, 0) is 14.3 Å². The number of rotatable bonds is 6. The Bertz CT molecular complexity index is 1120. The molecule has 0 bridgehead atoms. The quantitative estimate of drug-likeness (QED) is 0.300. The topological polar surface area (TPSA) is 121 Å². The number of anilines is 3. The van der Waals surface area contributed by atoms with Gasteiger partial charge >= 0.3 is 0 Å². The van der Waals surface area contributed by atoms with Crippen molar-refractivity contribution < 1.29 is 19.2 Å². The van der Waals surface area contributed by atoms with Gasteiger partial charge < -0.3 is 24.6 Å². The van der Waals surface area contributed by atoms with Gasteiger partial charge in [0.15, 0.2) is 0 Å². The third kappa shape index (κ3) is 5.33. The van der Waals surface area contributed by atoms with Crippen molar-refractivity contribution in [1.29, 1.82) is 5.26 Å². The second kappa shape index (κ2) is 10.8. The number of hydrogen-bond acceptors (Lipinski definition) is 8. The highest BCUT2D eigenvalue weighted by Gasteiger charge is 2.26. The smallest absolute Gasteiger partial charge is 0.293 e. The Morgan fingerprint density at radius 3 is 2.15 bits per heavy atom. The fraction of sp³-hybridized carbons (Fsp3) is 0.333. The zero-order chi connectivity index (χ0) is 23.9. The molecule has 34 heavy (non-hydrogen) atoms. The van der Waals surface area contributed by atoms with Crippen LogP contribution in [0, 0.1) is 21.4 Å². The minimum absolute atomic E-state index is 0.0779. The van der Waals surface area contributed by atoms with E-state index in [1.165, 1.54) is 12.1 Å². The molecule has 10 nitrogen and oxygen atoms in total. The van der Waals surface area contributed by atoms with Gasteiger partial charge in [-0.25, -0.2) is 0 Å². The fourth-order valence-corrected chi connectivity index (χ4v) is 4.00. The van der Waals surface area contributed by atoms with E-state index in [-0.39, 0.29) is 11.3 Å². The minimum atomic E-state index is -0.582. The van der Waals surface area contributed by atoms with E-state index in [2.05, 4.69) is 10.2 Å². The summed E-state index contributed by atoms with van der Waals surface area (Å²) < 4.78 is 10.9. The van der Waals surface area contributed by atoms with E-state index in [0.29, 0.717) is 69.5 Å². The zero-order valence-corrected chi connectivity index (χ0v) is 18.6. The van der Waals surface area contributed by atoms with Crippen molar-refractivity contribution in [2.24, 2.45) is 0 Å². The number of nitro groups is 1. The van der Waals surface area contributed by atoms with E-state index in [1.807, 2.05) is 17.0 Å². The Morgan fingerprint density at radius 1 is 1.00 bits per heavy atom. The maximum atomic E-state index is 12.8. The van der Waals surface area contributed by atoms with Crippen LogP contribution in [-0.4, -0.2) is 63.4 Å². The van der Waals surface area contributed by atoms with Gasteiger partial charge in [0.2, 0.25) is 0 Å². The van der Waals surface area contributed by atoms with Crippen LogP contribution in [0.2, 0.25) is 0 Å². The Kier molecular flexibility index (Phi) is 7.37. The molecule has 0 spiro atoms. The Balaban J connectivity index is 1.77. The molecule has 0 aromatic heterocycles. The van der Waals surface area contributed by atoms with E-state index < -0.39 is 10.8 Å². The summed E-state index contributed by atoms with van der Waals surface area (Å²) in [6.45, 7) is 4.30. The van der Waals surface area contributed by atoms with E-state index in [0.717, 1.165) is 5.69 Å². The van der Waals surface area contributed by atoms with E-state index >= 15 is 0 Å². The van der Waals surface area contributed by atoms with Gasteiger partial charge in [0.25, 0.3) is 11.6 Å². The first-order valence-electron chi connectivity index (χ1n) is 11.0. The second-order valence-corrected chi connectivity index (χ2v) is 7.85. The largest absolute Gasteiger partial charge is 0.378 e. The van der Waals surface area contributed by atoms with E-state index in [1.54, 1.807) is 30.3 Å². The molecule has 1 amide bonds. The van der Waals surface area contributed by atoms with Gasteiger partial charge in [-0.3, -0.25) is 14.9 Å². The van der Waals surface area contributed by atoms with Gasteiger partial charge in [-0.05, 0) is 24.3 Å². The lowest BCUT2D eigenvalue weighted by Crippen LogP contribution is -2.38. The van der Waals surface area contributed by atoms with Gasteiger partial charge in [0, 0.05) is 49.2 Å². The van der Waals surface area contributed by atoms with Crippen LogP contribution in [0.5, 0.6) is 0 Å². The summed E-state index contributed by atoms with van der Waals surface area (Å²) >= 11 is 0. The maximum Gasteiger partial charge on any atom is 0.293 e. The van der Waals surface area contributed by atoms with Crippen molar-refractivity contribution in [3.63, 3.8) is 0 Å². The molecule has 2 aliphatic heterocycles. The molecule has 0 saturated carbocycles. The highest BCUT2D eigenvalue weighted by atomic mass is 16.6. The summed E-state index contributed by atoms with van der Waals surface area (Å²) in [5.41, 5.74) is 1.98. The van der Waals surface area contributed by atoms with Crippen molar-refractivity contribution in [1.82, 2.24) is 0 Å². The van der Waals surface area contributed by atoms with Gasteiger partial charge in [0.1, 0.15) is 17.3 Å². The summed E-state index contributed by atoms with van der Waals surface area (Å²) in [6.07, 6.45) is 1.42. The van der Waals surface area contributed by atoms with Crippen molar-refractivity contribution in [3.05, 3.63) is 63.7 Å². The van der Waals surface area contributed by atoms with Crippen LogP contribution >= 0.6 is 0 Å². The number of amides is 1. The van der Waals surface area contributed by atoms with Crippen molar-refractivity contribution >= 4 is 34.7 Å². The van der Waals surface area contributed by atoms with Gasteiger partial charge in [-0.2, -0.15) is 5.26 Å². The monoisotopic (exact) mass is 463 g/mol. The number of carbonyl (C=O) groups excluding carboxylic acids is 1. The molecule has 0 unspecified atom stereocenters. The zero-order valence-electron chi connectivity index (χ0n) is 18.6. The second-order valence-electron chi connectivity index (χ2n) is 7.85. The maximum absolute atomic E-state index is 12.8. The van der Waals surface area contributed by atoms with Crippen LogP contribution in [0.25, 0.3) is 6.08 Å². The summed E-state index contributed by atoms with van der Waals surface area (Å²) in [6, 6.07) is 14.0. The van der Waals surface area contributed by atoms with Crippen LogP contribution in [0.4, 0.5) is 22.7 Å². The lowest BCUT2D eigenvalue weighted by atomic mass is 10.0. The Morgan fingerprint density at radius 2 is 1.59 bits per heavy atom. The molecule has 2 aromatic carbocycles. The van der Waals surface area contributed by atoms with Gasteiger partial charge in [0.05, 0.1) is 31.4 Å². The molecule has 4 rings (SSSR count). The highest BCUT2D eigenvalue weighted by Crippen LogP contribution is 2.37. The number of para-hydroxylation sites is 1. The van der Waals surface area contributed by atoms with E-state index in [9.17, 15) is 20.2 Å². The van der Waals surface area contributed by atoms with Crippen molar-refractivity contribution in [2.45, 2.75) is 0 Å². The molecule has 176 valence electrons. The summed E-state index contributed by atoms with van der Waals surface area (Å²) in [5, 5.41) is 24.4. The lowest BCUT2D eigenvalue weighted by molar-refractivity contribution is -0.384. The molecular weight excluding hydrogens is 438 g/mol. The molecule has 0 atom stereocenters. The number of nitro benzene ring substituents is 1. The fourth-order valence-electron chi connectivity index (χ4n) is 4.00. The van der Waals surface area contributed by atoms with Crippen LogP contribution in [0.15, 0.2) is 48.0 Å². The number of morpholine rings is 2. The third-order valence-corrected chi connectivity index (χ3v) is 5.72. The predicted molar refractivity (Wildman–Crippen MR) is 128 cm³/mol. The minimum Gasteiger partial charge on any atom is -0.378 e. The lowest BCUT2D eigenvalue weighted by Gasteiger charge is -2.33. The molecule has 0 aliphatic carbocycles. The molecule has 0 radical (unpaired) electrons. The van der Waals surface area contributed by atoms with Crippen LogP contribution in [0.3, 0.4) is 0 Å². The van der Waals surface area contributed by atoms with Crippen LogP contribution in [0.1, 0.15) is 5.56 Å². The summed E-state index contributed by atoms with van der Waals surface area (Å²) in [5.74, 6) is -0.582. The normalized spacial score (nSPS) is 16.6. The van der Waals surface area contributed by atoms with Crippen LogP contribution < -0.4 is 15.1 Å². The molecule has 2 fully saturated rings. The number of hydrogen-bond donors (Lipinski definition) is 1. The standard InChI is InChI=1S/C24H25N5O5/c25-17-19(24(30)26-20-4-2-1-3-5-20)14-18-15-23(29(31)32)22(28-8-12-34-13-9-28)16-21(18)27-6-10-33-11-7-27/h1-5,14-16H,6-13H2,(H,26,30)/b19-14+. The average molecular weight is 463 g/mol. The number of benzene rings is 2. The molecular formula is C24H25N5O5. The summed E-state index contributed by atoms with van der Waals surface area (Å²) in [7, 11) is 0. The van der Waals surface area contributed by atoms with Gasteiger partial charge in [-0.1, -0.05) is 18.2 Å². The Hall–Kier alpha value is -3.94. The number of nitriles is 1. The highest BCUT2D eigenvalue weighted by molar-refractivity contribution is 6.10. The first kappa shape index (κ1) is 23.2. The number of carbonyl (C=O) groups is 1. The first-order valence-corrected chi connectivity index (χ1v) is 11.0. The number of ether oxygens (including phenoxy) is 2. The molecule has 2 aliphatic rings. The molecule has 2 heterocycles. The third-order valence-electron chi connectivity index (χ3n) is 5.72. The molecule has 1 N–H and O–H groups in total. The van der Waals surface area contributed by atoms with E-state index in [4.69, 9.17) is 9.47 Å². The van der Waals surface area contributed by atoms with Crippen molar-refractivity contribution in [2.75, 3.05) is 67.7 Å². The summed E-state index contributed by atoms with van der Waals surface area (Å²) in [4.78, 5) is 28.3. The first-order chi connectivity index (χ1) is 16.6. The van der Waals surface area contributed by atoms with Gasteiger partial charge in [-0.15, -0.1) is 0 Å². The predicted octanol–water partition coefficient (Wildman–Crippen LogP) is 2.81. The Labute approximate surface area is 197 Å². The molecule has 2 saturated heterocycles. The number of nitrogens with one attached hydrogen (secondary N) is 1. The molecule has 10 heteroatoms. The average Bonchev–Trinajstić information content (AvgIpc) is 2.88.